The number of phenolic OH excluding ortho intramolecular Hbond substituents is 4. The van der Waals surface area contributed by atoms with E-state index >= 15 is 0 Å². The van der Waals surface area contributed by atoms with E-state index in [2.05, 4.69) is 0 Å². The van der Waals surface area contributed by atoms with Crippen molar-refractivity contribution in [2.75, 3.05) is 0 Å². The zero-order valence-electron chi connectivity index (χ0n) is 10.8. The van der Waals surface area contributed by atoms with E-state index in [0.29, 0.717) is 5.56 Å². The van der Waals surface area contributed by atoms with Crippen LogP contribution in [0.5, 0.6) is 23.0 Å². The van der Waals surface area contributed by atoms with E-state index in [9.17, 15) is 30.0 Å². The number of phenols is 4. The lowest BCUT2D eigenvalue weighted by Gasteiger charge is -2.21. The molecule has 6 heteroatoms. The second kappa shape index (κ2) is 3.99. The molecule has 0 aliphatic heterocycles. The molecule has 0 atom stereocenters. The van der Waals surface area contributed by atoms with Crippen molar-refractivity contribution in [3.63, 3.8) is 0 Å². The fraction of sp³-hybridized carbons (Fsp3) is 0.0667. The third-order valence-corrected chi connectivity index (χ3v) is 3.52. The van der Waals surface area contributed by atoms with E-state index in [1.165, 1.54) is 6.07 Å². The molecule has 0 saturated heterocycles. The third-order valence-electron chi connectivity index (χ3n) is 3.52. The Kier molecular flexibility index (Phi) is 2.47. The van der Waals surface area contributed by atoms with Crippen LogP contribution in [0, 0.1) is 6.92 Å². The van der Waals surface area contributed by atoms with Gasteiger partial charge in [-0.15, -0.1) is 0 Å². The molecule has 0 bridgehead atoms. The molecule has 0 saturated carbocycles. The number of hydrogen-bond donors (Lipinski definition) is 4. The van der Waals surface area contributed by atoms with Crippen LogP contribution in [0.25, 0.3) is 0 Å². The Hall–Kier alpha value is -3.02. The van der Waals surface area contributed by atoms with E-state index in [0.717, 1.165) is 12.1 Å². The maximum Gasteiger partial charge on any atom is 0.201 e. The van der Waals surface area contributed by atoms with Gasteiger partial charge < -0.3 is 20.4 Å². The minimum absolute atomic E-state index is 0.00510. The number of carbonyl (C=O) groups excluding carboxylic acids is 2. The van der Waals surface area contributed by atoms with Gasteiger partial charge in [-0.1, -0.05) is 0 Å². The van der Waals surface area contributed by atoms with Crippen molar-refractivity contribution in [2.24, 2.45) is 0 Å². The highest BCUT2D eigenvalue weighted by atomic mass is 16.3. The molecule has 0 heterocycles. The molecule has 2 aromatic rings. The predicted molar refractivity (Wildman–Crippen MR) is 71.1 cm³/mol. The molecule has 1 aliphatic carbocycles. The number of carbonyl (C=O) groups is 2. The van der Waals surface area contributed by atoms with Crippen LogP contribution in [0.1, 0.15) is 37.4 Å². The number of hydrogen-bond acceptors (Lipinski definition) is 6. The van der Waals surface area contributed by atoms with Crippen LogP contribution in [0.2, 0.25) is 0 Å². The molecular weight excluding hydrogens is 276 g/mol. The molecule has 4 N–H and O–H groups in total. The number of fused-ring (bicyclic) bond motifs is 2. The maximum absolute atomic E-state index is 12.5. The van der Waals surface area contributed by atoms with Crippen LogP contribution in [0.15, 0.2) is 18.2 Å². The summed E-state index contributed by atoms with van der Waals surface area (Å²) in [5.41, 5.74) is -0.136. The summed E-state index contributed by atoms with van der Waals surface area (Å²) >= 11 is 0. The lowest BCUT2D eigenvalue weighted by atomic mass is 9.81. The average Bonchev–Trinajstić information content (AvgIpc) is 2.41. The Balaban J connectivity index is 2.42. The van der Waals surface area contributed by atoms with Gasteiger partial charge in [0.05, 0.1) is 5.56 Å². The minimum atomic E-state index is -0.852. The molecule has 1 aliphatic rings. The van der Waals surface area contributed by atoms with Gasteiger partial charge in [0, 0.05) is 16.7 Å². The molecule has 21 heavy (non-hydrogen) atoms. The van der Waals surface area contributed by atoms with Crippen LogP contribution < -0.4 is 0 Å². The number of ketones is 2. The Morgan fingerprint density at radius 1 is 0.762 bits per heavy atom. The summed E-state index contributed by atoms with van der Waals surface area (Å²) in [6, 6.07) is 3.41. The van der Waals surface area contributed by atoms with Crippen LogP contribution >= 0.6 is 0 Å². The van der Waals surface area contributed by atoms with Crippen molar-refractivity contribution in [3.8, 4) is 23.0 Å². The summed E-state index contributed by atoms with van der Waals surface area (Å²) in [7, 11) is 0. The fourth-order valence-corrected chi connectivity index (χ4v) is 2.57. The van der Waals surface area contributed by atoms with Gasteiger partial charge >= 0.3 is 0 Å². The summed E-state index contributed by atoms with van der Waals surface area (Å²) in [4.78, 5) is 24.9. The fourth-order valence-electron chi connectivity index (χ4n) is 2.57. The monoisotopic (exact) mass is 286 g/mol. The molecule has 0 spiro atoms. The SMILES string of the molecule is Cc1cc(O)cc2c1C(=O)c1c(cc(O)c(O)c1O)C2=O. The molecule has 0 aromatic heterocycles. The second-order valence-corrected chi connectivity index (χ2v) is 4.86. The largest absolute Gasteiger partial charge is 0.508 e. The van der Waals surface area contributed by atoms with Crippen molar-refractivity contribution in [1.82, 2.24) is 0 Å². The average molecular weight is 286 g/mol. The molecule has 0 amide bonds. The minimum Gasteiger partial charge on any atom is -0.508 e. The first-order valence-corrected chi connectivity index (χ1v) is 6.03. The highest BCUT2D eigenvalue weighted by molar-refractivity contribution is 6.30. The highest BCUT2D eigenvalue weighted by Crippen LogP contribution is 2.44. The first-order valence-electron chi connectivity index (χ1n) is 6.03. The van der Waals surface area contributed by atoms with Crippen molar-refractivity contribution in [1.29, 1.82) is 0 Å². The van der Waals surface area contributed by atoms with Crippen molar-refractivity contribution in [3.05, 3.63) is 46.0 Å². The summed E-state index contributed by atoms with van der Waals surface area (Å²) < 4.78 is 0. The number of aryl methyl sites for hydroxylation is 1. The van der Waals surface area contributed by atoms with Crippen LogP contribution in [-0.2, 0) is 0 Å². The molecular formula is C15H10O6. The summed E-state index contributed by atoms with van der Waals surface area (Å²) in [6.07, 6.45) is 0. The number of rotatable bonds is 0. The zero-order valence-corrected chi connectivity index (χ0v) is 10.8. The summed E-state index contributed by atoms with van der Waals surface area (Å²) in [6.45, 7) is 1.55. The van der Waals surface area contributed by atoms with Crippen molar-refractivity contribution in [2.45, 2.75) is 6.92 Å². The standard InChI is InChI=1S/C15H10O6/c1-5-2-6(16)3-7-10(5)14(20)11-8(12(7)18)4-9(17)13(19)15(11)21/h2-4,16-17,19,21H,1H3. The molecule has 0 fully saturated rings. The molecule has 106 valence electrons. The van der Waals surface area contributed by atoms with Crippen LogP contribution in [0.4, 0.5) is 0 Å². The normalized spacial score (nSPS) is 13.0. The van der Waals surface area contributed by atoms with E-state index < -0.39 is 28.8 Å². The zero-order chi connectivity index (χ0) is 15.5. The van der Waals surface area contributed by atoms with Gasteiger partial charge in [0.15, 0.2) is 23.1 Å². The van der Waals surface area contributed by atoms with Gasteiger partial charge in [-0.05, 0) is 30.7 Å². The first-order chi connectivity index (χ1) is 9.82. The quantitative estimate of drug-likeness (QED) is 0.466. The van der Waals surface area contributed by atoms with Crippen molar-refractivity contribution < 1.29 is 30.0 Å². The van der Waals surface area contributed by atoms with Gasteiger partial charge in [0.1, 0.15) is 5.75 Å². The predicted octanol–water partition coefficient (Wildman–Crippen LogP) is 1.59. The second-order valence-electron chi connectivity index (χ2n) is 4.86. The topological polar surface area (TPSA) is 115 Å². The van der Waals surface area contributed by atoms with E-state index in [-0.39, 0.29) is 28.0 Å². The van der Waals surface area contributed by atoms with Gasteiger partial charge in [0.2, 0.25) is 5.75 Å². The van der Waals surface area contributed by atoms with Gasteiger partial charge in [-0.25, -0.2) is 0 Å². The van der Waals surface area contributed by atoms with Crippen molar-refractivity contribution >= 4 is 11.6 Å². The lowest BCUT2D eigenvalue weighted by molar-refractivity contribution is 0.0975. The molecule has 0 unspecified atom stereocenters. The maximum atomic E-state index is 12.5. The van der Waals surface area contributed by atoms with Gasteiger partial charge in [-0.3, -0.25) is 9.59 Å². The molecule has 2 aromatic carbocycles. The highest BCUT2D eigenvalue weighted by Gasteiger charge is 2.35. The first kappa shape index (κ1) is 13.0. The van der Waals surface area contributed by atoms with E-state index in [1.807, 2.05) is 0 Å². The van der Waals surface area contributed by atoms with Gasteiger partial charge in [0.25, 0.3) is 0 Å². The molecule has 6 nitrogen and oxygen atoms in total. The van der Waals surface area contributed by atoms with E-state index in [4.69, 9.17) is 0 Å². The third kappa shape index (κ3) is 1.59. The molecule has 0 radical (unpaired) electrons. The Morgan fingerprint density at radius 2 is 1.38 bits per heavy atom. The number of aromatic hydroxyl groups is 4. The summed E-state index contributed by atoms with van der Waals surface area (Å²) in [5, 5.41) is 38.4. The Morgan fingerprint density at radius 3 is 2.05 bits per heavy atom. The van der Waals surface area contributed by atoms with Crippen LogP contribution in [0.3, 0.4) is 0 Å². The Bertz CT molecular complexity index is 835. The number of benzene rings is 2. The molecule has 3 rings (SSSR count). The lowest BCUT2D eigenvalue weighted by Crippen LogP contribution is -2.22. The Labute approximate surface area is 118 Å². The smallest absolute Gasteiger partial charge is 0.201 e. The van der Waals surface area contributed by atoms with Gasteiger partial charge in [-0.2, -0.15) is 0 Å². The van der Waals surface area contributed by atoms with Crippen LogP contribution in [-0.4, -0.2) is 32.0 Å². The van der Waals surface area contributed by atoms with E-state index in [1.54, 1.807) is 6.92 Å². The summed E-state index contributed by atoms with van der Waals surface area (Å²) in [5.74, 6) is -3.82.